The third-order valence-electron chi connectivity index (χ3n) is 4.04. The van der Waals surface area contributed by atoms with Crippen LogP contribution in [0.3, 0.4) is 0 Å². The first-order valence-electron chi connectivity index (χ1n) is 7.61. The summed E-state index contributed by atoms with van der Waals surface area (Å²) in [6.45, 7) is 6.97. The van der Waals surface area contributed by atoms with E-state index in [1.807, 2.05) is 25.7 Å². The second-order valence-corrected chi connectivity index (χ2v) is 6.91. The molecule has 2 atom stereocenters. The SMILES string of the molecule is CC(C)(C)OC(=O)N1C[C@@H]2CC[C@H]1CN2c1ncc(O)cn1. The second-order valence-electron chi connectivity index (χ2n) is 6.91. The van der Waals surface area contributed by atoms with Gasteiger partial charge in [-0.25, -0.2) is 14.8 Å². The largest absolute Gasteiger partial charge is 0.505 e. The Balaban J connectivity index is 1.71. The highest BCUT2D eigenvalue weighted by Gasteiger charge is 2.43. The van der Waals surface area contributed by atoms with Crippen LogP contribution in [-0.4, -0.2) is 56.8 Å². The highest BCUT2D eigenvalue weighted by atomic mass is 16.6. The van der Waals surface area contributed by atoms with Gasteiger partial charge >= 0.3 is 6.09 Å². The molecule has 4 heterocycles. The van der Waals surface area contributed by atoms with Gasteiger partial charge in [0, 0.05) is 19.1 Å². The van der Waals surface area contributed by atoms with Crippen LogP contribution < -0.4 is 4.90 Å². The zero-order chi connectivity index (χ0) is 15.9. The van der Waals surface area contributed by atoms with Crippen molar-refractivity contribution in [3.63, 3.8) is 0 Å². The molecule has 3 fully saturated rings. The van der Waals surface area contributed by atoms with Crippen LogP contribution in [0.25, 0.3) is 0 Å². The summed E-state index contributed by atoms with van der Waals surface area (Å²) in [5, 5.41) is 9.30. The Kier molecular flexibility index (Phi) is 3.58. The number of piperidine rings is 2. The van der Waals surface area contributed by atoms with Crippen molar-refractivity contribution < 1.29 is 14.6 Å². The van der Waals surface area contributed by atoms with E-state index in [1.54, 1.807) is 0 Å². The molecule has 0 saturated carbocycles. The number of ether oxygens (including phenoxy) is 1. The molecular weight excluding hydrogens is 284 g/mol. The zero-order valence-electron chi connectivity index (χ0n) is 13.2. The topological polar surface area (TPSA) is 78.8 Å². The van der Waals surface area contributed by atoms with Gasteiger partial charge in [-0.15, -0.1) is 0 Å². The molecule has 7 heteroatoms. The van der Waals surface area contributed by atoms with Crippen molar-refractivity contribution >= 4 is 12.0 Å². The number of carbonyl (C=O) groups excluding carboxylic acids is 1. The van der Waals surface area contributed by atoms with E-state index < -0.39 is 5.60 Å². The minimum atomic E-state index is -0.479. The van der Waals surface area contributed by atoms with Crippen molar-refractivity contribution in [3.05, 3.63) is 12.4 Å². The van der Waals surface area contributed by atoms with Gasteiger partial charge < -0.3 is 19.6 Å². The van der Waals surface area contributed by atoms with Gasteiger partial charge in [-0.2, -0.15) is 0 Å². The molecule has 0 spiro atoms. The maximum absolute atomic E-state index is 12.3. The van der Waals surface area contributed by atoms with E-state index in [-0.39, 0.29) is 23.9 Å². The third kappa shape index (κ3) is 2.93. The lowest BCUT2D eigenvalue weighted by Gasteiger charge is -2.51. The van der Waals surface area contributed by atoms with Gasteiger partial charge in [0.15, 0.2) is 5.75 Å². The Morgan fingerprint density at radius 2 is 1.86 bits per heavy atom. The van der Waals surface area contributed by atoms with Crippen molar-refractivity contribution in [2.75, 3.05) is 18.0 Å². The molecule has 22 heavy (non-hydrogen) atoms. The molecule has 1 amide bonds. The Morgan fingerprint density at radius 3 is 2.41 bits per heavy atom. The van der Waals surface area contributed by atoms with E-state index in [4.69, 9.17) is 4.74 Å². The van der Waals surface area contributed by atoms with Crippen LogP contribution >= 0.6 is 0 Å². The number of piperazine rings is 1. The van der Waals surface area contributed by atoms with E-state index in [1.165, 1.54) is 12.4 Å². The molecule has 3 aliphatic rings. The van der Waals surface area contributed by atoms with Crippen molar-refractivity contribution in [1.82, 2.24) is 14.9 Å². The van der Waals surface area contributed by atoms with Crippen LogP contribution in [0.1, 0.15) is 33.6 Å². The molecule has 4 rings (SSSR count). The monoisotopic (exact) mass is 306 g/mol. The molecule has 3 saturated heterocycles. The Labute approximate surface area is 129 Å². The van der Waals surface area contributed by atoms with Crippen molar-refractivity contribution in [2.24, 2.45) is 0 Å². The first-order valence-corrected chi connectivity index (χ1v) is 7.61. The number of nitrogens with zero attached hydrogens (tertiary/aromatic N) is 4. The van der Waals surface area contributed by atoms with Gasteiger partial charge in [-0.1, -0.05) is 0 Å². The maximum atomic E-state index is 12.3. The van der Waals surface area contributed by atoms with Gasteiger partial charge in [0.2, 0.25) is 5.95 Å². The number of amides is 1. The van der Waals surface area contributed by atoms with Gasteiger partial charge in [0.05, 0.1) is 18.4 Å². The normalized spacial score (nSPS) is 24.5. The predicted octanol–water partition coefficient (Wildman–Crippen LogP) is 1.77. The van der Waals surface area contributed by atoms with Gasteiger partial charge in [0.25, 0.3) is 0 Å². The van der Waals surface area contributed by atoms with Crippen LogP contribution in [0.5, 0.6) is 5.75 Å². The number of hydrogen-bond donors (Lipinski definition) is 1. The summed E-state index contributed by atoms with van der Waals surface area (Å²) in [4.78, 5) is 24.6. The van der Waals surface area contributed by atoms with E-state index in [0.717, 1.165) is 12.8 Å². The van der Waals surface area contributed by atoms with Gasteiger partial charge in [-0.05, 0) is 33.6 Å². The number of aromatic hydroxyl groups is 1. The van der Waals surface area contributed by atoms with Gasteiger partial charge in [0.1, 0.15) is 5.60 Å². The van der Waals surface area contributed by atoms with Crippen LogP contribution in [0.4, 0.5) is 10.7 Å². The fourth-order valence-corrected chi connectivity index (χ4v) is 3.08. The fourth-order valence-electron chi connectivity index (χ4n) is 3.08. The summed E-state index contributed by atoms with van der Waals surface area (Å²) in [5.41, 5.74) is -0.479. The number of hydrogen-bond acceptors (Lipinski definition) is 6. The summed E-state index contributed by atoms with van der Waals surface area (Å²) in [6.07, 6.45) is 4.53. The minimum Gasteiger partial charge on any atom is -0.505 e. The summed E-state index contributed by atoms with van der Waals surface area (Å²) in [5.74, 6) is 0.664. The van der Waals surface area contributed by atoms with Crippen molar-refractivity contribution in [2.45, 2.75) is 51.3 Å². The quantitative estimate of drug-likeness (QED) is 0.852. The third-order valence-corrected chi connectivity index (χ3v) is 4.04. The van der Waals surface area contributed by atoms with E-state index in [0.29, 0.717) is 19.0 Å². The Morgan fingerprint density at radius 1 is 1.23 bits per heavy atom. The van der Waals surface area contributed by atoms with Crippen LogP contribution in [0.15, 0.2) is 12.4 Å². The molecule has 1 aromatic heterocycles. The molecule has 0 radical (unpaired) electrons. The van der Waals surface area contributed by atoms with Crippen LogP contribution in [0.2, 0.25) is 0 Å². The van der Waals surface area contributed by atoms with Crippen LogP contribution in [0, 0.1) is 0 Å². The number of anilines is 1. The second kappa shape index (κ2) is 5.30. The molecule has 0 unspecified atom stereocenters. The molecule has 120 valence electrons. The maximum Gasteiger partial charge on any atom is 0.410 e. The Hall–Kier alpha value is -2.05. The smallest absolute Gasteiger partial charge is 0.410 e. The average molecular weight is 306 g/mol. The highest BCUT2D eigenvalue weighted by molar-refractivity contribution is 5.69. The molecule has 0 aromatic carbocycles. The first kappa shape index (κ1) is 14.9. The number of carbonyl (C=O) groups is 1. The number of rotatable bonds is 1. The molecule has 2 bridgehead atoms. The molecular formula is C15H22N4O3. The van der Waals surface area contributed by atoms with E-state index in [9.17, 15) is 9.90 Å². The summed E-state index contributed by atoms with van der Waals surface area (Å²) in [6, 6.07) is 0.319. The minimum absolute atomic E-state index is 0.0568. The van der Waals surface area contributed by atoms with E-state index in [2.05, 4.69) is 14.9 Å². The molecule has 7 nitrogen and oxygen atoms in total. The Bertz CT molecular complexity index is 555. The highest BCUT2D eigenvalue weighted by Crippen LogP contribution is 2.32. The van der Waals surface area contributed by atoms with Crippen LogP contribution in [-0.2, 0) is 4.74 Å². The lowest BCUT2D eigenvalue weighted by molar-refractivity contribution is 0.000678. The van der Waals surface area contributed by atoms with E-state index >= 15 is 0 Å². The molecule has 1 aromatic rings. The fraction of sp³-hybridized carbons (Fsp3) is 0.667. The lowest BCUT2D eigenvalue weighted by Crippen LogP contribution is -2.64. The predicted molar refractivity (Wildman–Crippen MR) is 80.8 cm³/mol. The zero-order valence-corrected chi connectivity index (χ0v) is 13.2. The lowest BCUT2D eigenvalue weighted by atomic mass is 9.91. The van der Waals surface area contributed by atoms with Gasteiger partial charge in [-0.3, -0.25) is 0 Å². The van der Waals surface area contributed by atoms with Crippen molar-refractivity contribution in [3.8, 4) is 5.75 Å². The first-order chi connectivity index (χ1) is 10.3. The molecule has 3 aliphatic heterocycles. The summed E-state index contributed by atoms with van der Waals surface area (Å²) >= 11 is 0. The number of aromatic nitrogens is 2. The molecule has 0 aliphatic carbocycles. The molecule has 1 N–H and O–H groups in total. The van der Waals surface area contributed by atoms with Crippen molar-refractivity contribution in [1.29, 1.82) is 0 Å². The standard InChI is InChI=1S/C15H22N4O3/c1-15(2,3)22-14(21)19-9-10-4-5-11(19)8-18(10)13-16-6-12(20)7-17-13/h6-7,10-11,20H,4-5,8-9H2,1-3H3/t10-,11-/m0/s1. The summed E-state index contributed by atoms with van der Waals surface area (Å²) in [7, 11) is 0. The number of fused-ring (bicyclic) bond motifs is 3. The summed E-state index contributed by atoms with van der Waals surface area (Å²) < 4.78 is 5.49. The average Bonchev–Trinajstić information content (AvgIpc) is 2.46.